The Labute approximate surface area is 164 Å². The standard InChI is InChI=1S/C23H35N3O/c24-22(19-9-5-2-6-10-19)11-12-25-14-20-16-26(17-21(20)15-25)23(27)13-18-7-3-1-4-8-18/h2,5-6,9-10,18,20-22H,1,3-4,7-8,11-17,24H2/t20?,21?,22-/m0/s1. The van der Waals surface area contributed by atoms with Crippen LogP contribution in [0.3, 0.4) is 0 Å². The van der Waals surface area contributed by atoms with Crippen molar-refractivity contribution in [3.8, 4) is 0 Å². The molecule has 27 heavy (non-hydrogen) atoms. The number of carbonyl (C=O) groups is 1. The molecule has 0 aromatic heterocycles. The third-order valence-electron chi connectivity index (χ3n) is 7.09. The minimum absolute atomic E-state index is 0.125. The molecule has 2 heterocycles. The van der Waals surface area contributed by atoms with Gasteiger partial charge in [0.05, 0.1) is 0 Å². The Bertz CT molecular complexity index is 599. The van der Waals surface area contributed by atoms with Gasteiger partial charge in [-0.2, -0.15) is 0 Å². The second-order valence-electron chi connectivity index (χ2n) is 9.09. The van der Waals surface area contributed by atoms with Crippen molar-refractivity contribution in [2.45, 2.75) is 51.0 Å². The van der Waals surface area contributed by atoms with Gasteiger partial charge in [-0.15, -0.1) is 0 Å². The number of nitrogens with zero attached hydrogens (tertiary/aromatic N) is 2. The molecule has 1 saturated carbocycles. The molecule has 4 nitrogen and oxygen atoms in total. The molecule has 2 unspecified atom stereocenters. The van der Waals surface area contributed by atoms with E-state index in [0.29, 0.717) is 23.7 Å². The Balaban J connectivity index is 1.19. The van der Waals surface area contributed by atoms with Crippen LogP contribution in [-0.2, 0) is 4.79 Å². The zero-order valence-electron chi connectivity index (χ0n) is 16.6. The molecule has 0 spiro atoms. The number of fused-ring (bicyclic) bond motifs is 1. The van der Waals surface area contributed by atoms with E-state index in [0.717, 1.165) is 45.6 Å². The largest absolute Gasteiger partial charge is 0.342 e. The molecule has 1 aliphatic carbocycles. The van der Waals surface area contributed by atoms with Crippen LogP contribution in [-0.4, -0.2) is 48.4 Å². The minimum Gasteiger partial charge on any atom is -0.342 e. The molecule has 4 rings (SSSR count). The summed E-state index contributed by atoms with van der Waals surface area (Å²) in [5.41, 5.74) is 7.59. The van der Waals surface area contributed by atoms with Crippen LogP contribution in [0, 0.1) is 17.8 Å². The van der Waals surface area contributed by atoms with E-state index in [-0.39, 0.29) is 6.04 Å². The summed E-state index contributed by atoms with van der Waals surface area (Å²) in [6.07, 6.45) is 8.35. The zero-order valence-corrected chi connectivity index (χ0v) is 16.6. The molecule has 2 aliphatic heterocycles. The maximum absolute atomic E-state index is 12.7. The highest BCUT2D eigenvalue weighted by atomic mass is 16.2. The van der Waals surface area contributed by atoms with Crippen molar-refractivity contribution in [3.63, 3.8) is 0 Å². The van der Waals surface area contributed by atoms with E-state index < -0.39 is 0 Å². The average Bonchev–Trinajstić information content (AvgIpc) is 3.26. The Kier molecular flexibility index (Phi) is 6.14. The third kappa shape index (κ3) is 4.72. The van der Waals surface area contributed by atoms with E-state index in [1.165, 1.54) is 37.7 Å². The number of hydrogen-bond donors (Lipinski definition) is 1. The third-order valence-corrected chi connectivity index (χ3v) is 7.09. The summed E-state index contributed by atoms with van der Waals surface area (Å²) < 4.78 is 0. The first-order valence-electron chi connectivity index (χ1n) is 11.0. The number of nitrogens with two attached hydrogens (primary N) is 1. The van der Waals surface area contributed by atoms with Gasteiger partial charge < -0.3 is 15.5 Å². The average molecular weight is 370 g/mol. The van der Waals surface area contributed by atoms with Gasteiger partial charge in [-0.3, -0.25) is 4.79 Å². The normalized spacial score (nSPS) is 27.7. The van der Waals surface area contributed by atoms with Crippen molar-refractivity contribution in [1.29, 1.82) is 0 Å². The highest BCUT2D eigenvalue weighted by Gasteiger charge is 2.41. The predicted octanol–water partition coefficient (Wildman–Crippen LogP) is 3.44. The molecule has 0 radical (unpaired) electrons. The van der Waals surface area contributed by atoms with Crippen molar-refractivity contribution >= 4 is 5.91 Å². The molecule has 2 N–H and O–H groups in total. The van der Waals surface area contributed by atoms with Gasteiger partial charge in [0.25, 0.3) is 0 Å². The van der Waals surface area contributed by atoms with Crippen molar-refractivity contribution in [1.82, 2.24) is 9.80 Å². The highest BCUT2D eigenvalue weighted by molar-refractivity contribution is 5.76. The summed E-state index contributed by atoms with van der Waals surface area (Å²) in [5.74, 6) is 2.43. The second-order valence-corrected chi connectivity index (χ2v) is 9.09. The van der Waals surface area contributed by atoms with Gasteiger partial charge in [0.1, 0.15) is 0 Å². The molecule has 3 atom stereocenters. The van der Waals surface area contributed by atoms with Crippen LogP contribution in [0.4, 0.5) is 0 Å². The van der Waals surface area contributed by atoms with Crippen LogP contribution in [0.1, 0.15) is 56.6 Å². The van der Waals surface area contributed by atoms with E-state index in [1.807, 2.05) is 6.07 Å². The fourth-order valence-electron chi connectivity index (χ4n) is 5.43. The van der Waals surface area contributed by atoms with Crippen molar-refractivity contribution in [2.24, 2.45) is 23.5 Å². The van der Waals surface area contributed by atoms with Gasteiger partial charge >= 0.3 is 0 Å². The maximum Gasteiger partial charge on any atom is 0.222 e. The number of rotatable bonds is 6. The molecule has 1 aromatic rings. The molecule has 1 aromatic carbocycles. The van der Waals surface area contributed by atoms with Crippen LogP contribution in [0.2, 0.25) is 0 Å². The Morgan fingerprint density at radius 3 is 2.33 bits per heavy atom. The molecule has 0 bridgehead atoms. The first-order valence-corrected chi connectivity index (χ1v) is 11.0. The molecular weight excluding hydrogens is 334 g/mol. The summed E-state index contributed by atoms with van der Waals surface area (Å²) in [7, 11) is 0. The number of amides is 1. The molecule has 4 heteroatoms. The van der Waals surface area contributed by atoms with Gasteiger partial charge in [0, 0.05) is 38.6 Å². The fraction of sp³-hybridized carbons (Fsp3) is 0.696. The molecular formula is C23H35N3O. The van der Waals surface area contributed by atoms with Crippen LogP contribution in [0.25, 0.3) is 0 Å². The number of benzene rings is 1. The molecule has 2 saturated heterocycles. The molecule has 3 aliphatic rings. The van der Waals surface area contributed by atoms with E-state index >= 15 is 0 Å². The molecule has 148 valence electrons. The lowest BCUT2D eigenvalue weighted by molar-refractivity contribution is -0.131. The van der Waals surface area contributed by atoms with Gasteiger partial charge in [-0.05, 0) is 49.1 Å². The summed E-state index contributed by atoms with van der Waals surface area (Å²) in [6, 6.07) is 10.5. The van der Waals surface area contributed by atoms with Crippen molar-refractivity contribution < 1.29 is 4.79 Å². The number of likely N-dealkylation sites (tertiary alicyclic amines) is 2. The van der Waals surface area contributed by atoms with Gasteiger partial charge in [0.2, 0.25) is 5.91 Å². The lowest BCUT2D eigenvalue weighted by atomic mass is 9.87. The van der Waals surface area contributed by atoms with Crippen LogP contribution in [0.15, 0.2) is 30.3 Å². The summed E-state index contributed by atoms with van der Waals surface area (Å²) in [4.78, 5) is 17.4. The molecule has 3 fully saturated rings. The van der Waals surface area contributed by atoms with Gasteiger partial charge in [-0.1, -0.05) is 49.6 Å². The Morgan fingerprint density at radius 1 is 1.00 bits per heavy atom. The number of carbonyl (C=O) groups excluding carboxylic acids is 1. The lowest BCUT2D eigenvalue weighted by Crippen LogP contribution is -2.35. The van der Waals surface area contributed by atoms with Crippen LogP contribution < -0.4 is 5.73 Å². The van der Waals surface area contributed by atoms with Gasteiger partial charge in [-0.25, -0.2) is 0 Å². The quantitative estimate of drug-likeness (QED) is 0.836. The minimum atomic E-state index is 0.125. The van der Waals surface area contributed by atoms with E-state index in [2.05, 4.69) is 34.1 Å². The monoisotopic (exact) mass is 369 g/mol. The van der Waals surface area contributed by atoms with Crippen LogP contribution >= 0.6 is 0 Å². The smallest absolute Gasteiger partial charge is 0.222 e. The topological polar surface area (TPSA) is 49.6 Å². The van der Waals surface area contributed by atoms with Crippen LogP contribution in [0.5, 0.6) is 0 Å². The van der Waals surface area contributed by atoms with Gasteiger partial charge in [0.15, 0.2) is 0 Å². The highest BCUT2D eigenvalue weighted by Crippen LogP contribution is 2.33. The SMILES string of the molecule is N[C@@H](CCN1CC2CN(C(=O)CC3CCCCC3)CC2C1)c1ccccc1. The Hall–Kier alpha value is -1.39. The summed E-state index contributed by atoms with van der Waals surface area (Å²) in [6.45, 7) is 5.31. The lowest BCUT2D eigenvalue weighted by Gasteiger charge is -2.26. The van der Waals surface area contributed by atoms with Crippen molar-refractivity contribution in [3.05, 3.63) is 35.9 Å². The Morgan fingerprint density at radius 2 is 1.67 bits per heavy atom. The van der Waals surface area contributed by atoms with E-state index in [4.69, 9.17) is 5.73 Å². The summed E-state index contributed by atoms with van der Waals surface area (Å²) in [5, 5.41) is 0. The van der Waals surface area contributed by atoms with E-state index in [9.17, 15) is 4.79 Å². The predicted molar refractivity (Wildman–Crippen MR) is 109 cm³/mol. The van der Waals surface area contributed by atoms with E-state index in [1.54, 1.807) is 0 Å². The number of hydrogen-bond acceptors (Lipinski definition) is 3. The summed E-state index contributed by atoms with van der Waals surface area (Å²) >= 11 is 0. The zero-order chi connectivity index (χ0) is 18.6. The second kappa shape index (κ2) is 8.74. The fourth-order valence-corrected chi connectivity index (χ4v) is 5.43. The first-order chi connectivity index (χ1) is 13.2. The van der Waals surface area contributed by atoms with Crippen molar-refractivity contribution in [2.75, 3.05) is 32.7 Å². The molecule has 1 amide bonds. The maximum atomic E-state index is 12.7. The first kappa shape index (κ1) is 18.9.